The van der Waals surface area contributed by atoms with Crippen LogP contribution < -0.4 is 4.74 Å². The Morgan fingerprint density at radius 1 is 1.17 bits per heavy atom. The van der Waals surface area contributed by atoms with E-state index in [2.05, 4.69) is 4.98 Å². The largest absolute Gasteiger partial charge is 0.507 e. The molecule has 2 heterocycles. The molecule has 3 rings (SSSR count). The molecule has 2 aromatic rings. The molecule has 1 fully saturated rings. The van der Waals surface area contributed by atoms with Crippen molar-refractivity contribution in [3.05, 3.63) is 59.4 Å². The van der Waals surface area contributed by atoms with Gasteiger partial charge in [-0.05, 0) is 36.2 Å². The number of likely N-dealkylation sites (tertiary alicyclic amines) is 1. The van der Waals surface area contributed by atoms with Crippen molar-refractivity contribution in [2.45, 2.75) is 12.5 Å². The highest BCUT2D eigenvalue weighted by molar-refractivity contribution is 6.46. The van der Waals surface area contributed by atoms with Gasteiger partial charge in [-0.15, -0.1) is 0 Å². The van der Waals surface area contributed by atoms with Crippen LogP contribution in [0.5, 0.6) is 11.5 Å². The second-order valence-electron chi connectivity index (χ2n) is 6.51. The molecular weight excluding hydrogens is 376 g/mol. The molecule has 1 atom stereocenters. The number of ether oxygens (including phenoxy) is 2. The van der Waals surface area contributed by atoms with Crippen molar-refractivity contribution < 1.29 is 29.3 Å². The third-order valence-electron chi connectivity index (χ3n) is 4.76. The summed E-state index contributed by atoms with van der Waals surface area (Å²) >= 11 is 0. The van der Waals surface area contributed by atoms with Crippen molar-refractivity contribution >= 4 is 17.4 Å². The molecule has 2 N–H and O–H groups in total. The number of methoxy groups -OCH3 is 2. The molecule has 1 unspecified atom stereocenters. The van der Waals surface area contributed by atoms with Gasteiger partial charge in [0.2, 0.25) is 0 Å². The van der Waals surface area contributed by atoms with Gasteiger partial charge in [-0.1, -0.05) is 6.07 Å². The summed E-state index contributed by atoms with van der Waals surface area (Å²) in [4.78, 5) is 30.9. The number of carbonyl (C=O) groups excluding carboxylic acids is 2. The second kappa shape index (κ2) is 8.74. The van der Waals surface area contributed by atoms with Crippen molar-refractivity contribution in [3.63, 3.8) is 0 Å². The Morgan fingerprint density at radius 3 is 2.55 bits per heavy atom. The van der Waals surface area contributed by atoms with Gasteiger partial charge in [-0.2, -0.15) is 0 Å². The summed E-state index contributed by atoms with van der Waals surface area (Å²) in [6.07, 6.45) is 3.50. The number of Topliss-reactive ketones (excluding diaryl/α,β-unsaturated/α-hetero) is 1. The molecule has 1 amide bonds. The van der Waals surface area contributed by atoms with Gasteiger partial charge >= 0.3 is 0 Å². The van der Waals surface area contributed by atoms with Crippen LogP contribution in [0.2, 0.25) is 0 Å². The van der Waals surface area contributed by atoms with E-state index in [1.54, 1.807) is 31.4 Å². The molecule has 8 nitrogen and oxygen atoms in total. The summed E-state index contributed by atoms with van der Waals surface area (Å²) in [5.41, 5.74) is 0.892. The average Bonchev–Trinajstić information content (AvgIpc) is 2.99. The van der Waals surface area contributed by atoms with Gasteiger partial charge in [0.05, 0.1) is 18.7 Å². The first-order valence-corrected chi connectivity index (χ1v) is 9.04. The minimum atomic E-state index is -0.825. The summed E-state index contributed by atoms with van der Waals surface area (Å²) in [7, 11) is 2.96. The van der Waals surface area contributed by atoms with E-state index in [9.17, 15) is 19.8 Å². The zero-order chi connectivity index (χ0) is 21.0. The number of nitrogens with zero attached hydrogens (tertiary/aromatic N) is 2. The predicted octanol–water partition coefficient (Wildman–Crippen LogP) is 2.25. The number of hydrogen-bond donors (Lipinski definition) is 2. The van der Waals surface area contributed by atoms with E-state index in [4.69, 9.17) is 9.47 Å². The molecule has 0 spiro atoms. The lowest BCUT2D eigenvalue weighted by Gasteiger charge is -2.25. The van der Waals surface area contributed by atoms with Crippen LogP contribution in [-0.4, -0.2) is 59.2 Å². The lowest BCUT2D eigenvalue weighted by Crippen LogP contribution is -2.31. The van der Waals surface area contributed by atoms with E-state index in [1.165, 1.54) is 30.5 Å². The Balaban J connectivity index is 2.14. The third-order valence-corrected chi connectivity index (χ3v) is 4.76. The molecular formula is C21H22N2O6. The Hall–Kier alpha value is -3.39. The number of carbonyl (C=O) groups is 2. The minimum Gasteiger partial charge on any atom is -0.507 e. The Morgan fingerprint density at radius 2 is 1.90 bits per heavy atom. The Labute approximate surface area is 168 Å². The van der Waals surface area contributed by atoms with Gasteiger partial charge in [0.1, 0.15) is 5.76 Å². The number of aromatic hydroxyl groups is 1. The molecule has 1 aromatic carbocycles. The summed E-state index contributed by atoms with van der Waals surface area (Å²) < 4.78 is 10.2. The number of rotatable bonds is 7. The fourth-order valence-electron chi connectivity index (χ4n) is 3.37. The van der Waals surface area contributed by atoms with Gasteiger partial charge in [0.25, 0.3) is 11.7 Å². The fourth-order valence-corrected chi connectivity index (χ4v) is 3.37. The number of phenols is 1. The van der Waals surface area contributed by atoms with Crippen LogP contribution in [0.3, 0.4) is 0 Å². The second-order valence-corrected chi connectivity index (χ2v) is 6.51. The molecule has 1 aliphatic rings. The molecule has 0 bridgehead atoms. The minimum absolute atomic E-state index is 0.0219. The molecule has 29 heavy (non-hydrogen) atoms. The molecule has 0 saturated carbocycles. The lowest BCUT2D eigenvalue weighted by molar-refractivity contribution is -0.140. The number of aromatic nitrogens is 1. The van der Waals surface area contributed by atoms with E-state index in [-0.39, 0.29) is 29.4 Å². The number of hydrogen-bond acceptors (Lipinski definition) is 7. The van der Waals surface area contributed by atoms with Crippen molar-refractivity contribution in [1.29, 1.82) is 0 Å². The van der Waals surface area contributed by atoms with Crippen LogP contribution >= 0.6 is 0 Å². The number of aliphatic hydroxyl groups excluding tert-OH is 1. The number of phenolic OH excluding ortho intramolecular Hbond substituents is 1. The number of pyridine rings is 1. The maximum Gasteiger partial charge on any atom is 0.295 e. The molecule has 0 aliphatic carbocycles. The maximum absolute atomic E-state index is 12.8. The summed E-state index contributed by atoms with van der Waals surface area (Å²) in [5.74, 6) is -1.62. The summed E-state index contributed by atoms with van der Waals surface area (Å²) in [6, 6.07) is 6.86. The molecule has 0 radical (unpaired) electrons. The highest BCUT2D eigenvalue weighted by Gasteiger charge is 2.46. The van der Waals surface area contributed by atoms with Crippen molar-refractivity contribution in [1.82, 2.24) is 9.88 Å². The quantitative estimate of drug-likeness (QED) is 0.319. The zero-order valence-electron chi connectivity index (χ0n) is 16.2. The Bertz CT molecular complexity index is 941. The van der Waals surface area contributed by atoms with Crippen LogP contribution in [0, 0.1) is 0 Å². The summed E-state index contributed by atoms with van der Waals surface area (Å²) in [6.45, 7) is 0.679. The van der Waals surface area contributed by atoms with Crippen LogP contribution in [-0.2, 0) is 14.3 Å². The van der Waals surface area contributed by atoms with Crippen molar-refractivity contribution in [2.75, 3.05) is 27.4 Å². The molecule has 1 aliphatic heterocycles. The first-order valence-electron chi connectivity index (χ1n) is 9.04. The number of amides is 1. The third kappa shape index (κ3) is 3.93. The number of aliphatic hydroxyl groups is 1. The van der Waals surface area contributed by atoms with E-state index in [0.29, 0.717) is 24.2 Å². The number of ketones is 1. The molecule has 8 heteroatoms. The van der Waals surface area contributed by atoms with Gasteiger partial charge in [0, 0.05) is 38.2 Å². The van der Waals surface area contributed by atoms with Crippen LogP contribution in [0.4, 0.5) is 0 Å². The van der Waals surface area contributed by atoms with Gasteiger partial charge in [-0.25, -0.2) is 0 Å². The topological polar surface area (TPSA) is 109 Å². The highest BCUT2D eigenvalue weighted by atomic mass is 16.5. The number of benzene rings is 1. The predicted molar refractivity (Wildman–Crippen MR) is 104 cm³/mol. The molecule has 152 valence electrons. The Kier molecular flexibility index (Phi) is 6.13. The van der Waals surface area contributed by atoms with E-state index in [1.807, 2.05) is 0 Å². The molecule has 1 aromatic heterocycles. The van der Waals surface area contributed by atoms with Crippen LogP contribution in [0.1, 0.15) is 23.6 Å². The first kappa shape index (κ1) is 20.3. The normalized spacial score (nSPS) is 18.3. The highest BCUT2D eigenvalue weighted by Crippen LogP contribution is 2.41. The van der Waals surface area contributed by atoms with Crippen LogP contribution in [0.15, 0.2) is 48.3 Å². The smallest absolute Gasteiger partial charge is 0.295 e. The van der Waals surface area contributed by atoms with Crippen LogP contribution in [0.25, 0.3) is 5.76 Å². The van der Waals surface area contributed by atoms with E-state index >= 15 is 0 Å². The monoisotopic (exact) mass is 398 g/mol. The van der Waals surface area contributed by atoms with Gasteiger partial charge in [-0.3, -0.25) is 14.6 Å². The first-order chi connectivity index (χ1) is 14.0. The average molecular weight is 398 g/mol. The molecule has 1 saturated heterocycles. The zero-order valence-corrected chi connectivity index (χ0v) is 16.2. The fraction of sp³-hybridized carbons (Fsp3) is 0.286. The van der Waals surface area contributed by atoms with E-state index in [0.717, 1.165) is 0 Å². The van der Waals surface area contributed by atoms with Crippen molar-refractivity contribution in [3.8, 4) is 11.5 Å². The SMILES string of the molecule is COCCCN1C(=O)C(=O)/C(=C(/O)c2ccncc2)C1c1ccc(O)c(OC)c1. The van der Waals surface area contributed by atoms with Gasteiger partial charge < -0.3 is 24.6 Å². The standard InChI is InChI=1S/C21H22N2O6/c1-28-11-3-10-23-18(14-4-5-15(24)16(12-14)29-2)17(20(26)21(23)27)19(25)13-6-8-22-9-7-13/h4-9,12,18,24-25H,3,10-11H2,1-2H3/b19-17+. The van der Waals surface area contributed by atoms with Gasteiger partial charge in [0.15, 0.2) is 11.5 Å². The summed E-state index contributed by atoms with van der Waals surface area (Å²) in [5, 5.41) is 20.8. The lowest BCUT2D eigenvalue weighted by atomic mass is 9.95. The van der Waals surface area contributed by atoms with Crippen molar-refractivity contribution in [2.24, 2.45) is 0 Å². The maximum atomic E-state index is 12.8. The van der Waals surface area contributed by atoms with E-state index < -0.39 is 17.7 Å².